The third-order valence-electron chi connectivity index (χ3n) is 3.58. The van der Waals surface area contributed by atoms with Gasteiger partial charge in [0.2, 0.25) is 0 Å². The highest BCUT2D eigenvalue weighted by Crippen LogP contribution is 2.30. The number of hydrogen-bond acceptors (Lipinski definition) is 4. The highest BCUT2D eigenvalue weighted by molar-refractivity contribution is 5.67. The molecule has 19 heavy (non-hydrogen) atoms. The molecule has 1 saturated heterocycles. The smallest absolute Gasteiger partial charge is 0.422 e. The normalized spacial score (nSPS) is 22.3. The minimum Gasteiger partial charge on any atom is -0.443 e. The molecule has 0 aromatic rings. The van der Waals surface area contributed by atoms with E-state index in [2.05, 4.69) is 15.8 Å². The van der Waals surface area contributed by atoms with Crippen molar-refractivity contribution in [2.75, 3.05) is 19.6 Å². The summed E-state index contributed by atoms with van der Waals surface area (Å²) in [6, 6.07) is 0.364. The molecule has 0 aromatic heterocycles. The maximum absolute atomic E-state index is 11.5. The van der Waals surface area contributed by atoms with Crippen molar-refractivity contribution in [3.05, 3.63) is 0 Å². The Hall–Kier alpha value is -0.810. The zero-order valence-electron chi connectivity index (χ0n) is 12.4. The van der Waals surface area contributed by atoms with Crippen LogP contribution < -0.4 is 10.9 Å². The molecule has 1 aliphatic heterocycles. The molecule has 1 saturated carbocycles. The van der Waals surface area contributed by atoms with Gasteiger partial charge < -0.3 is 9.64 Å². The molecule has 2 fully saturated rings. The summed E-state index contributed by atoms with van der Waals surface area (Å²) in [5.74, 6) is 0.962. The van der Waals surface area contributed by atoms with E-state index in [0.717, 1.165) is 31.8 Å². The molecule has 2 rings (SSSR count). The average molecular weight is 269 g/mol. The fourth-order valence-electron chi connectivity index (χ4n) is 2.39. The number of amides is 1. The largest absolute Gasteiger partial charge is 0.443 e. The monoisotopic (exact) mass is 269 g/mol. The van der Waals surface area contributed by atoms with Gasteiger partial charge in [0, 0.05) is 12.6 Å². The Bertz CT molecular complexity index is 302. The lowest BCUT2D eigenvalue weighted by molar-refractivity contribution is 0.0475. The van der Waals surface area contributed by atoms with E-state index in [4.69, 9.17) is 4.74 Å². The second kappa shape index (κ2) is 6.09. The molecule has 0 aromatic carbocycles. The zero-order chi connectivity index (χ0) is 13.9. The van der Waals surface area contributed by atoms with Crippen LogP contribution in [0.3, 0.4) is 0 Å². The quantitative estimate of drug-likeness (QED) is 0.765. The standard InChI is InChI=1S/C14H27N3O2/c1-14(2,3)19-13(18)16-15-12-6-8-17(9-7-12)10-11-4-5-11/h11-12,15H,4-10H2,1-3H3,(H,16,18). The van der Waals surface area contributed by atoms with Crippen molar-refractivity contribution in [2.24, 2.45) is 5.92 Å². The lowest BCUT2D eigenvalue weighted by atomic mass is 10.1. The molecule has 2 aliphatic rings. The van der Waals surface area contributed by atoms with Crippen molar-refractivity contribution in [2.45, 2.75) is 58.1 Å². The zero-order valence-corrected chi connectivity index (χ0v) is 12.4. The van der Waals surface area contributed by atoms with E-state index in [-0.39, 0.29) is 0 Å². The molecule has 5 nitrogen and oxygen atoms in total. The first-order valence-electron chi connectivity index (χ1n) is 7.39. The van der Waals surface area contributed by atoms with Gasteiger partial charge in [0.05, 0.1) is 0 Å². The Balaban J connectivity index is 1.58. The SMILES string of the molecule is CC(C)(C)OC(=O)NNC1CCN(CC2CC2)CC1. The fraction of sp³-hybridized carbons (Fsp3) is 0.929. The highest BCUT2D eigenvalue weighted by atomic mass is 16.6. The minimum absolute atomic E-state index is 0.364. The summed E-state index contributed by atoms with van der Waals surface area (Å²) in [5.41, 5.74) is 5.28. The van der Waals surface area contributed by atoms with Gasteiger partial charge in [-0.2, -0.15) is 0 Å². The van der Waals surface area contributed by atoms with Crippen molar-refractivity contribution in [3.63, 3.8) is 0 Å². The predicted octanol–water partition coefficient (Wildman–Crippen LogP) is 1.89. The number of hydrogen-bond donors (Lipinski definition) is 2. The molecule has 1 aliphatic carbocycles. The molecule has 0 spiro atoms. The van der Waals surface area contributed by atoms with Crippen LogP contribution in [0.2, 0.25) is 0 Å². The van der Waals surface area contributed by atoms with Crippen molar-refractivity contribution < 1.29 is 9.53 Å². The van der Waals surface area contributed by atoms with Gasteiger partial charge in [-0.25, -0.2) is 10.2 Å². The van der Waals surface area contributed by atoms with Gasteiger partial charge in [0.15, 0.2) is 0 Å². The number of piperidine rings is 1. The van der Waals surface area contributed by atoms with Gasteiger partial charge in [0.1, 0.15) is 5.60 Å². The molecule has 1 heterocycles. The number of ether oxygens (including phenoxy) is 1. The predicted molar refractivity (Wildman–Crippen MR) is 74.7 cm³/mol. The van der Waals surface area contributed by atoms with E-state index < -0.39 is 11.7 Å². The van der Waals surface area contributed by atoms with Gasteiger partial charge in [0.25, 0.3) is 0 Å². The Morgan fingerprint density at radius 2 is 1.84 bits per heavy atom. The Kier molecular flexibility index (Phi) is 4.68. The lowest BCUT2D eigenvalue weighted by Gasteiger charge is -2.32. The number of likely N-dealkylation sites (tertiary alicyclic amines) is 1. The molecular formula is C14H27N3O2. The summed E-state index contributed by atoms with van der Waals surface area (Å²) in [7, 11) is 0. The molecule has 0 unspecified atom stereocenters. The van der Waals surface area contributed by atoms with Crippen molar-refractivity contribution >= 4 is 6.09 Å². The van der Waals surface area contributed by atoms with E-state index in [1.165, 1.54) is 19.4 Å². The molecule has 110 valence electrons. The number of carbonyl (C=O) groups is 1. The second-order valence-electron chi connectivity index (χ2n) is 6.79. The van der Waals surface area contributed by atoms with Crippen LogP contribution >= 0.6 is 0 Å². The number of rotatable bonds is 4. The third kappa shape index (κ3) is 5.78. The maximum Gasteiger partial charge on any atom is 0.422 e. The van der Waals surface area contributed by atoms with Crippen LogP contribution in [0.25, 0.3) is 0 Å². The third-order valence-corrected chi connectivity index (χ3v) is 3.58. The van der Waals surface area contributed by atoms with Gasteiger partial charge in [-0.1, -0.05) is 0 Å². The van der Waals surface area contributed by atoms with Crippen LogP contribution in [-0.4, -0.2) is 42.3 Å². The number of hydrazine groups is 1. The summed E-state index contributed by atoms with van der Waals surface area (Å²) in [6.07, 6.45) is 4.61. The van der Waals surface area contributed by atoms with Crippen LogP contribution in [0.15, 0.2) is 0 Å². The topological polar surface area (TPSA) is 53.6 Å². The van der Waals surface area contributed by atoms with Gasteiger partial charge in [-0.05, 0) is 65.5 Å². The van der Waals surface area contributed by atoms with Crippen LogP contribution in [0.5, 0.6) is 0 Å². The highest BCUT2D eigenvalue weighted by Gasteiger charge is 2.27. The number of nitrogens with zero attached hydrogens (tertiary/aromatic N) is 1. The fourth-order valence-corrected chi connectivity index (χ4v) is 2.39. The first-order chi connectivity index (χ1) is 8.92. The summed E-state index contributed by atoms with van der Waals surface area (Å²) >= 11 is 0. The Morgan fingerprint density at radius 3 is 2.37 bits per heavy atom. The summed E-state index contributed by atoms with van der Waals surface area (Å²) in [5, 5.41) is 0. The van der Waals surface area contributed by atoms with Crippen LogP contribution in [0, 0.1) is 5.92 Å². The Labute approximate surface area is 116 Å². The van der Waals surface area contributed by atoms with Crippen molar-refractivity contribution in [3.8, 4) is 0 Å². The molecule has 0 bridgehead atoms. The van der Waals surface area contributed by atoms with E-state index in [1.54, 1.807) is 0 Å². The lowest BCUT2D eigenvalue weighted by Crippen LogP contribution is -2.50. The summed E-state index contributed by atoms with van der Waals surface area (Å²) in [6.45, 7) is 9.12. The molecule has 0 radical (unpaired) electrons. The van der Waals surface area contributed by atoms with Crippen molar-refractivity contribution in [1.82, 2.24) is 15.8 Å². The second-order valence-corrected chi connectivity index (χ2v) is 6.79. The number of nitrogens with one attached hydrogen (secondary N) is 2. The molecule has 1 amide bonds. The van der Waals surface area contributed by atoms with Gasteiger partial charge in [-0.15, -0.1) is 0 Å². The van der Waals surface area contributed by atoms with E-state index in [0.29, 0.717) is 6.04 Å². The summed E-state index contributed by atoms with van der Waals surface area (Å²) in [4.78, 5) is 14.1. The summed E-state index contributed by atoms with van der Waals surface area (Å²) < 4.78 is 5.19. The molecule has 0 atom stereocenters. The van der Waals surface area contributed by atoms with E-state index in [1.807, 2.05) is 20.8 Å². The van der Waals surface area contributed by atoms with E-state index in [9.17, 15) is 4.79 Å². The van der Waals surface area contributed by atoms with Crippen LogP contribution in [0.4, 0.5) is 4.79 Å². The van der Waals surface area contributed by atoms with Crippen LogP contribution in [-0.2, 0) is 4.74 Å². The van der Waals surface area contributed by atoms with Crippen LogP contribution in [0.1, 0.15) is 46.5 Å². The molecule has 5 heteroatoms. The first kappa shape index (κ1) is 14.6. The van der Waals surface area contributed by atoms with Gasteiger partial charge >= 0.3 is 6.09 Å². The maximum atomic E-state index is 11.5. The average Bonchev–Trinajstić information content (AvgIpc) is 3.10. The molecular weight excluding hydrogens is 242 g/mol. The Morgan fingerprint density at radius 1 is 1.21 bits per heavy atom. The van der Waals surface area contributed by atoms with E-state index >= 15 is 0 Å². The van der Waals surface area contributed by atoms with Crippen molar-refractivity contribution in [1.29, 1.82) is 0 Å². The minimum atomic E-state index is -0.445. The first-order valence-corrected chi connectivity index (χ1v) is 7.39. The molecule has 2 N–H and O–H groups in total. The number of carbonyl (C=O) groups excluding carboxylic acids is 1. The van der Waals surface area contributed by atoms with Gasteiger partial charge in [-0.3, -0.25) is 5.43 Å².